The summed E-state index contributed by atoms with van der Waals surface area (Å²) < 4.78 is 0. The average Bonchev–Trinajstić information content (AvgIpc) is 2.60. The molecule has 0 aliphatic rings. The number of rotatable bonds is 4. The van der Waals surface area contributed by atoms with Gasteiger partial charge in [-0.2, -0.15) is 0 Å². The summed E-state index contributed by atoms with van der Waals surface area (Å²) in [6, 6.07) is 3.60. The van der Waals surface area contributed by atoms with Crippen LogP contribution in [0, 0.1) is 12.8 Å². The largest absolute Gasteiger partial charge is 0.481 e. The first-order valence-corrected chi connectivity index (χ1v) is 5.40. The molecular formula is C10H13NO3S. The Morgan fingerprint density at radius 1 is 1.53 bits per heavy atom. The molecule has 0 aliphatic heterocycles. The predicted octanol–water partition coefficient (Wildman–Crippen LogP) is 1.51. The molecular weight excluding hydrogens is 214 g/mol. The molecule has 0 spiro atoms. The van der Waals surface area contributed by atoms with E-state index in [1.54, 1.807) is 13.0 Å². The van der Waals surface area contributed by atoms with Gasteiger partial charge in [-0.15, -0.1) is 11.3 Å². The third-order valence-electron chi connectivity index (χ3n) is 1.95. The third kappa shape index (κ3) is 3.36. The number of thiophene rings is 1. The zero-order chi connectivity index (χ0) is 11.4. The average molecular weight is 227 g/mol. The first kappa shape index (κ1) is 11.7. The molecule has 0 aliphatic carbocycles. The van der Waals surface area contributed by atoms with Crippen molar-refractivity contribution in [2.45, 2.75) is 13.8 Å². The van der Waals surface area contributed by atoms with E-state index in [9.17, 15) is 9.59 Å². The zero-order valence-electron chi connectivity index (χ0n) is 8.61. The van der Waals surface area contributed by atoms with E-state index in [0.717, 1.165) is 4.88 Å². The molecule has 0 saturated heterocycles. The van der Waals surface area contributed by atoms with Gasteiger partial charge in [0.05, 0.1) is 10.8 Å². The fraction of sp³-hybridized carbons (Fsp3) is 0.400. The number of carbonyl (C=O) groups excluding carboxylic acids is 1. The first-order valence-electron chi connectivity index (χ1n) is 4.58. The maximum absolute atomic E-state index is 11.5. The number of aryl methyl sites for hydroxylation is 1. The number of hydrogen-bond acceptors (Lipinski definition) is 3. The van der Waals surface area contributed by atoms with Gasteiger partial charge in [0.1, 0.15) is 0 Å². The fourth-order valence-corrected chi connectivity index (χ4v) is 1.76. The van der Waals surface area contributed by atoms with E-state index in [1.807, 2.05) is 13.0 Å². The molecule has 5 heteroatoms. The van der Waals surface area contributed by atoms with E-state index in [2.05, 4.69) is 5.32 Å². The SMILES string of the molecule is Cc1ccc(C(=O)NCC(C)C(=O)O)s1. The van der Waals surface area contributed by atoms with Gasteiger partial charge in [0.25, 0.3) is 5.91 Å². The summed E-state index contributed by atoms with van der Waals surface area (Å²) in [6.45, 7) is 3.63. The molecule has 4 nitrogen and oxygen atoms in total. The summed E-state index contributed by atoms with van der Waals surface area (Å²) >= 11 is 1.40. The Morgan fingerprint density at radius 3 is 2.67 bits per heavy atom. The maximum atomic E-state index is 11.5. The lowest BCUT2D eigenvalue weighted by atomic mass is 10.2. The Kier molecular flexibility index (Phi) is 3.85. The van der Waals surface area contributed by atoms with Crippen LogP contribution in [0.4, 0.5) is 0 Å². The number of carboxylic acids is 1. The highest BCUT2D eigenvalue weighted by Crippen LogP contribution is 2.14. The minimum Gasteiger partial charge on any atom is -0.481 e. The molecule has 1 heterocycles. The Balaban J connectivity index is 2.47. The first-order chi connectivity index (χ1) is 7.00. The van der Waals surface area contributed by atoms with Crippen LogP contribution in [0.3, 0.4) is 0 Å². The highest BCUT2D eigenvalue weighted by Gasteiger charge is 2.13. The van der Waals surface area contributed by atoms with Crippen molar-refractivity contribution in [1.29, 1.82) is 0 Å². The molecule has 1 amide bonds. The van der Waals surface area contributed by atoms with E-state index in [0.29, 0.717) is 4.88 Å². The number of nitrogens with one attached hydrogen (secondary N) is 1. The van der Waals surface area contributed by atoms with Gasteiger partial charge < -0.3 is 10.4 Å². The van der Waals surface area contributed by atoms with Crippen LogP contribution in [0.2, 0.25) is 0 Å². The van der Waals surface area contributed by atoms with Crippen molar-refractivity contribution in [1.82, 2.24) is 5.32 Å². The number of aliphatic carboxylic acids is 1. The molecule has 0 radical (unpaired) electrons. The van der Waals surface area contributed by atoms with Crippen LogP contribution in [0.5, 0.6) is 0 Å². The van der Waals surface area contributed by atoms with Crippen LogP contribution in [0.1, 0.15) is 21.5 Å². The third-order valence-corrected chi connectivity index (χ3v) is 2.95. The molecule has 0 saturated carbocycles. The lowest BCUT2D eigenvalue weighted by Gasteiger charge is -2.06. The summed E-state index contributed by atoms with van der Waals surface area (Å²) in [5.41, 5.74) is 0. The molecule has 2 N–H and O–H groups in total. The molecule has 82 valence electrons. The van der Waals surface area contributed by atoms with Crippen molar-refractivity contribution < 1.29 is 14.7 Å². The summed E-state index contributed by atoms with van der Waals surface area (Å²) in [6.07, 6.45) is 0. The van der Waals surface area contributed by atoms with Gasteiger partial charge in [0.15, 0.2) is 0 Å². The predicted molar refractivity (Wildman–Crippen MR) is 58.2 cm³/mol. The van der Waals surface area contributed by atoms with Gasteiger partial charge in [-0.3, -0.25) is 9.59 Å². The van der Waals surface area contributed by atoms with Gasteiger partial charge in [-0.1, -0.05) is 6.92 Å². The standard InChI is InChI=1S/C10H13NO3S/c1-6(10(13)14)5-11-9(12)8-4-3-7(2)15-8/h3-4,6H,5H2,1-2H3,(H,11,12)(H,13,14). The molecule has 1 aromatic heterocycles. The van der Waals surface area contributed by atoms with E-state index in [4.69, 9.17) is 5.11 Å². The van der Waals surface area contributed by atoms with Gasteiger partial charge in [0.2, 0.25) is 0 Å². The zero-order valence-corrected chi connectivity index (χ0v) is 9.43. The van der Waals surface area contributed by atoms with Crippen molar-refractivity contribution in [3.05, 3.63) is 21.9 Å². The quantitative estimate of drug-likeness (QED) is 0.819. The van der Waals surface area contributed by atoms with Gasteiger partial charge in [0, 0.05) is 11.4 Å². The van der Waals surface area contributed by atoms with Crippen LogP contribution >= 0.6 is 11.3 Å². The fourth-order valence-electron chi connectivity index (χ4n) is 0.977. The lowest BCUT2D eigenvalue weighted by Crippen LogP contribution is -2.30. The topological polar surface area (TPSA) is 66.4 Å². The summed E-state index contributed by atoms with van der Waals surface area (Å²) in [5.74, 6) is -1.67. The number of carbonyl (C=O) groups is 2. The minimum atomic E-state index is -0.905. The molecule has 1 unspecified atom stereocenters. The molecule has 1 aromatic rings. The van der Waals surface area contributed by atoms with Crippen LogP contribution in [0.25, 0.3) is 0 Å². The van der Waals surface area contributed by atoms with Crippen LogP contribution < -0.4 is 5.32 Å². The van der Waals surface area contributed by atoms with Gasteiger partial charge >= 0.3 is 5.97 Å². The Bertz CT molecular complexity index is 372. The van der Waals surface area contributed by atoms with Gasteiger partial charge in [-0.05, 0) is 19.1 Å². The van der Waals surface area contributed by atoms with Gasteiger partial charge in [-0.25, -0.2) is 0 Å². The maximum Gasteiger partial charge on any atom is 0.308 e. The van der Waals surface area contributed by atoms with E-state index in [1.165, 1.54) is 11.3 Å². The van der Waals surface area contributed by atoms with E-state index in [-0.39, 0.29) is 12.5 Å². The summed E-state index contributed by atoms with van der Waals surface area (Å²) in [5, 5.41) is 11.2. The molecule has 0 aromatic carbocycles. The van der Waals surface area contributed by atoms with Crippen LogP contribution in [0.15, 0.2) is 12.1 Å². The Hall–Kier alpha value is -1.36. The smallest absolute Gasteiger partial charge is 0.308 e. The minimum absolute atomic E-state index is 0.158. The molecule has 1 atom stereocenters. The normalized spacial score (nSPS) is 12.1. The van der Waals surface area contributed by atoms with E-state index < -0.39 is 11.9 Å². The molecule has 0 fully saturated rings. The molecule has 15 heavy (non-hydrogen) atoms. The second kappa shape index (κ2) is 4.93. The molecule has 1 rings (SSSR count). The Labute approximate surface area is 91.9 Å². The summed E-state index contributed by atoms with van der Waals surface area (Å²) in [7, 11) is 0. The van der Waals surface area contributed by atoms with Crippen LogP contribution in [-0.4, -0.2) is 23.5 Å². The van der Waals surface area contributed by atoms with Crippen molar-refractivity contribution >= 4 is 23.2 Å². The number of amides is 1. The molecule has 0 bridgehead atoms. The lowest BCUT2D eigenvalue weighted by molar-refractivity contribution is -0.140. The Morgan fingerprint density at radius 2 is 2.20 bits per heavy atom. The summed E-state index contributed by atoms with van der Waals surface area (Å²) in [4.78, 5) is 23.7. The van der Waals surface area contributed by atoms with Crippen molar-refractivity contribution in [2.75, 3.05) is 6.54 Å². The van der Waals surface area contributed by atoms with Crippen molar-refractivity contribution in [2.24, 2.45) is 5.92 Å². The van der Waals surface area contributed by atoms with Crippen LogP contribution in [-0.2, 0) is 4.79 Å². The highest BCUT2D eigenvalue weighted by molar-refractivity contribution is 7.13. The second-order valence-electron chi connectivity index (χ2n) is 3.36. The second-order valence-corrected chi connectivity index (χ2v) is 4.65. The number of carboxylic acid groups (broad SMARTS) is 1. The monoisotopic (exact) mass is 227 g/mol. The van der Waals surface area contributed by atoms with E-state index >= 15 is 0 Å². The van der Waals surface area contributed by atoms with Crippen molar-refractivity contribution in [3.8, 4) is 0 Å². The highest BCUT2D eigenvalue weighted by atomic mass is 32.1. The van der Waals surface area contributed by atoms with Crippen molar-refractivity contribution in [3.63, 3.8) is 0 Å². The number of hydrogen-bond donors (Lipinski definition) is 2.